The summed E-state index contributed by atoms with van der Waals surface area (Å²) < 4.78 is 11.1. The Morgan fingerprint density at radius 1 is 1.27 bits per heavy atom. The fraction of sp³-hybridized carbons (Fsp3) is 1.00. The number of hydrogen-bond acceptors (Lipinski definition) is 4. The van der Waals surface area contributed by atoms with Gasteiger partial charge < -0.3 is 15.1 Å². The molecule has 0 aliphatic carbocycles. The van der Waals surface area contributed by atoms with Crippen molar-refractivity contribution in [1.29, 1.82) is 0 Å². The van der Waals surface area contributed by atoms with Gasteiger partial charge in [0, 0.05) is 61.6 Å². The Morgan fingerprint density at radius 3 is 2.53 bits per heavy atom. The van der Waals surface area contributed by atoms with Crippen LogP contribution in [0.25, 0.3) is 0 Å². The Labute approximate surface area is 95.5 Å². The first-order chi connectivity index (χ1) is 7.18. The summed E-state index contributed by atoms with van der Waals surface area (Å²) in [6, 6.07) is 0. The van der Waals surface area contributed by atoms with E-state index in [4.69, 9.17) is 0 Å². The quantitative estimate of drug-likeness (QED) is 0.610. The van der Waals surface area contributed by atoms with Gasteiger partial charge in [0.2, 0.25) is 0 Å². The lowest BCUT2D eigenvalue weighted by atomic mass is 10.4. The number of hydrogen-bond donors (Lipinski definition) is 1. The molecule has 1 aliphatic heterocycles. The van der Waals surface area contributed by atoms with Crippen molar-refractivity contribution in [3.05, 3.63) is 0 Å². The third-order valence-electron chi connectivity index (χ3n) is 2.61. The highest BCUT2D eigenvalue weighted by Gasteiger charge is 2.13. The first-order valence-corrected chi connectivity index (χ1v) is 7.10. The molecule has 0 aromatic heterocycles. The van der Waals surface area contributed by atoms with Crippen LogP contribution in [-0.4, -0.2) is 78.9 Å². The maximum absolute atomic E-state index is 11.1. The van der Waals surface area contributed by atoms with E-state index < -0.39 is 10.8 Å². The summed E-state index contributed by atoms with van der Waals surface area (Å²) in [7, 11) is 3.63. The minimum Gasteiger partial charge on any atom is -0.314 e. The summed E-state index contributed by atoms with van der Waals surface area (Å²) in [6.07, 6.45) is 0. The van der Waals surface area contributed by atoms with Crippen molar-refractivity contribution in [1.82, 2.24) is 15.1 Å². The monoisotopic (exact) mass is 233 g/mol. The maximum Gasteiger partial charge on any atom is 0.0363 e. The predicted molar refractivity (Wildman–Crippen MR) is 65.7 cm³/mol. The van der Waals surface area contributed by atoms with Crippen molar-refractivity contribution in [2.24, 2.45) is 0 Å². The lowest BCUT2D eigenvalue weighted by Crippen LogP contribution is -2.42. The van der Waals surface area contributed by atoms with Crippen LogP contribution in [0.15, 0.2) is 0 Å². The molecule has 0 spiro atoms. The molecule has 0 radical (unpaired) electrons. The smallest absolute Gasteiger partial charge is 0.0363 e. The zero-order valence-electron chi connectivity index (χ0n) is 9.87. The van der Waals surface area contributed by atoms with E-state index in [0.717, 1.165) is 50.8 Å². The van der Waals surface area contributed by atoms with E-state index in [1.165, 1.54) is 0 Å². The molecular weight excluding hydrogens is 210 g/mol. The molecule has 1 aliphatic rings. The molecule has 90 valence electrons. The van der Waals surface area contributed by atoms with Crippen molar-refractivity contribution in [2.45, 2.75) is 0 Å². The molecule has 1 rings (SSSR count). The Hall–Kier alpha value is 0.0300. The van der Waals surface area contributed by atoms with Crippen molar-refractivity contribution < 1.29 is 4.21 Å². The van der Waals surface area contributed by atoms with Gasteiger partial charge in [-0.2, -0.15) is 0 Å². The molecule has 1 saturated heterocycles. The molecule has 0 bridgehead atoms. The van der Waals surface area contributed by atoms with E-state index in [9.17, 15) is 4.21 Å². The molecule has 1 N–H and O–H groups in total. The van der Waals surface area contributed by atoms with Gasteiger partial charge in [0.1, 0.15) is 0 Å². The summed E-state index contributed by atoms with van der Waals surface area (Å²) in [5.41, 5.74) is 0. The minimum absolute atomic E-state index is 0.545. The Kier molecular flexibility index (Phi) is 6.40. The molecule has 1 fully saturated rings. The fourth-order valence-corrected chi connectivity index (χ4v) is 2.69. The first-order valence-electron chi connectivity index (χ1n) is 5.61. The van der Waals surface area contributed by atoms with Gasteiger partial charge >= 0.3 is 0 Å². The van der Waals surface area contributed by atoms with Crippen LogP contribution < -0.4 is 5.32 Å². The zero-order valence-corrected chi connectivity index (χ0v) is 10.7. The minimum atomic E-state index is -0.545. The van der Waals surface area contributed by atoms with Crippen molar-refractivity contribution >= 4 is 10.8 Å². The molecule has 15 heavy (non-hydrogen) atoms. The van der Waals surface area contributed by atoms with Crippen LogP contribution in [0.5, 0.6) is 0 Å². The summed E-state index contributed by atoms with van der Waals surface area (Å²) >= 11 is 0. The molecule has 0 aromatic carbocycles. The second kappa shape index (κ2) is 7.33. The van der Waals surface area contributed by atoms with Gasteiger partial charge in [-0.3, -0.25) is 4.21 Å². The highest BCUT2D eigenvalue weighted by Crippen LogP contribution is 1.98. The van der Waals surface area contributed by atoms with Crippen LogP contribution in [0.2, 0.25) is 0 Å². The number of rotatable bonds is 6. The highest BCUT2D eigenvalue weighted by molar-refractivity contribution is 7.85. The molecule has 1 heterocycles. The summed E-state index contributed by atoms with van der Waals surface area (Å²) in [6.45, 7) is 6.27. The molecule has 5 heteroatoms. The van der Waals surface area contributed by atoms with Gasteiger partial charge in [-0.25, -0.2) is 0 Å². The van der Waals surface area contributed by atoms with Crippen LogP contribution in [-0.2, 0) is 10.8 Å². The van der Waals surface area contributed by atoms with Crippen LogP contribution in [0.3, 0.4) is 0 Å². The van der Waals surface area contributed by atoms with Crippen LogP contribution in [0, 0.1) is 0 Å². The maximum atomic E-state index is 11.1. The third-order valence-corrected chi connectivity index (χ3v) is 3.89. The van der Waals surface area contributed by atoms with Crippen LogP contribution in [0.1, 0.15) is 0 Å². The molecule has 0 saturated carbocycles. The largest absolute Gasteiger partial charge is 0.314 e. The lowest BCUT2D eigenvalue weighted by molar-refractivity contribution is 0.295. The van der Waals surface area contributed by atoms with E-state index in [1.54, 1.807) is 0 Å². The number of nitrogens with one attached hydrogen (secondary N) is 1. The molecule has 0 atom stereocenters. The summed E-state index contributed by atoms with van der Waals surface area (Å²) in [5, 5.41) is 3.42. The van der Waals surface area contributed by atoms with E-state index in [-0.39, 0.29) is 0 Å². The second-order valence-electron chi connectivity index (χ2n) is 4.24. The third kappa shape index (κ3) is 6.25. The van der Waals surface area contributed by atoms with Crippen LogP contribution >= 0.6 is 0 Å². The summed E-state index contributed by atoms with van der Waals surface area (Å²) in [5.74, 6) is 1.72. The van der Waals surface area contributed by atoms with Gasteiger partial charge in [-0.05, 0) is 14.1 Å². The normalized spacial score (nSPS) is 19.9. The highest BCUT2D eigenvalue weighted by atomic mass is 32.2. The number of nitrogens with zero attached hydrogens (tertiary/aromatic N) is 2. The molecule has 0 unspecified atom stereocenters. The van der Waals surface area contributed by atoms with Gasteiger partial charge in [0.05, 0.1) is 0 Å². The van der Waals surface area contributed by atoms with Gasteiger partial charge in [0.25, 0.3) is 0 Å². The van der Waals surface area contributed by atoms with Crippen molar-refractivity contribution in [3.8, 4) is 0 Å². The lowest BCUT2D eigenvalue weighted by Gasteiger charge is -2.26. The van der Waals surface area contributed by atoms with E-state index in [0.29, 0.717) is 0 Å². The standard InChI is InChI=1S/C10H23N3OS/c1-12(2)5-3-11-4-6-13-7-9-15(14)10-8-13/h11H,3-10H2,1-2H3. The van der Waals surface area contributed by atoms with Gasteiger partial charge in [-0.15, -0.1) is 0 Å². The topological polar surface area (TPSA) is 35.6 Å². The Bertz CT molecular complexity index is 189. The summed E-state index contributed by atoms with van der Waals surface area (Å²) in [4.78, 5) is 4.57. The molecule has 0 amide bonds. The predicted octanol–water partition coefficient (Wildman–Crippen LogP) is -0.798. The van der Waals surface area contributed by atoms with Crippen molar-refractivity contribution in [2.75, 3.05) is 64.9 Å². The second-order valence-corrected chi connectivity index (χ2v) is 5.94. The Balaban J connectivity index is 1.94. The van der Waals surface area contributed by atoms with Crippen LogP contribution in [0.4, 0.5) is 0 Å². The molecule has 4 nitrogen and oxygen atoms in total. The zero-order chi connectivity index (χ0) is 11.1. The van der Waals surface area contributed by atoms with Crippen molar-refractivity contribution in [3.63, 3.8) is 0 Å². The molecular formula is C10H23N3OS. The van der Waals surface area contributed by atoms with Gasteiger partial charge in [0.15, 0.2) is 0 Å². The average Bonchev–Trinajstić information content (AvgIpc) is 2.20. The number of likely N-dealkylation sites (N-methyl/N-ethyl adjacent to an activating group) is 1. The van der Waals surface area contributed by atoms with E-state index in [2.05, 4.69) is 29.2 Å². The SMILES string of the molecule is CN(C)CCNCCN1CCS(=O)CC1. The van der Waals surface area contributed by atoms with Gasteiger partial charge in [-0.1, -0.05) is 0 Å². The average molecular weight is 233 g/mol. The van der Waals surface area contributed by atoms with E-state index >= 15 is 0 Å². The fourth-order valence-electron chi connectivity index (χ4n) is 1.56. The Morgan fingerprint density at radius 2 is 1.93 bits per heavy atom. The molecule has 0 aromatic rings. The van der Waals surface area contributed by atoms with E-state index in [1.807, 2.05) is 0 Å². The first kappa shape index (κ1) is 13.1.